The molecule has 14 rings (SSSR count). The molecule has 0 saturated carbocycles. The number of H-pyrrole nitrogens is 3. The van der Waals surface area contributed by atoms with E-state index in [1.807, 2.05) is 0 Å². The minimum absolute atomic E-state index is 0.0103. The van der Waals surface area contributed by atoms with Crippen molar-refractivity contribution >= 4 is 49.8 Å². The summed E-state index contributed by atoms with van der Waals surface area (Å²) in [5.74, 6) is -0.728. The quantitative estimate of drug-likeness (QED) is 0.0579. The van der Waals surface area contributed by atoms with E-state index in [0.717, 1.165) is 38.7 Å². The normalized spacial score (nSPS) is 13.4. The van der Waals surface area contributed by atoms with Gasteiger partial charge in [0, 0.05) is 94.7 Å². The number of hydrogen-bond donors (Lipinski definition) is 5. The molecule has 99 heavy (non-hydrogen) atoms. The molecule has 2 aliphatic rings. The van der Waals surface area contributed by atoms with Gasteiger partial charge in [-0.25, -0.2) is 45.0 Å². The molecule has 0 amide bonds. The maximum Gasteiger partial charge on any atom is 0.353 e. The van der Waals surface area contributed by atoms with Crippen LogP contribution in [0.15, 0.2) is 190 Å². The first-order valence-corrected chi connectivity index (χ1v) is 34.9. The smallest absolute Gasteiger partial charge is 0.353 e. The SMILES string of the molecule is C1COCCN1.O=S(=O)(O)Cl.O=c1[nH]c(-c2cc(-c3ccon3)n(Cc3ccccc3F)n2)ncc1S(=O)(=O)Cl.O=c1[nH]c(-c2cc(-c3ccon3)n(Cc3ccccc3F)n2)ncc1S(=O)(=O)N1CCOCC1.O=c1ccnc(-c2cc(-c3ccon3)n(Cc3ccccc3F)n2)[nH]1. The van der Waals surface area contributed by atoms with E-state index in [2.05, 4.69) is 76.7 Å². The van der Waals surface area contributed by atoms with Gasteiger partial charge in [-0.15, -0.1) is 0 Å². The van der Waals surface area contributed by atoms with Crippen molar-refractivity contribution in [1.29, 1.82) is 0 Å². The van der Waals surface area contributed by atoms with Crippen molar-refractivity contribution < 1.29 is 66.0 Å². The van der Waals surface area contributed by atoms with E-state index in [-0.39, 0.29) is 80.4 Å². The van der Waals surface area contributed by atoms with Crippen LogP contribution in [0.3, 0.4) is 0 Å². The summed E-state index contributed by atoms with van der Waals surface area (Å²) in [5.41, 5.74) is 3.19. The number of rotatable bonds is 15. The highest BCUT2D eigenvalue weighted by atomic mass is 35.7. The van der Waals surface area contributed by atoms with Crippen molar-refractivity contribution in [3.8, 4) is 68.7 Å². The fraction of sp³-hybridized carbons (Fsp3) is 0.186. The highest BCUT2D eigenvalue weighted by Gasteiger charge is 2.30. The molecule has 12 aromatic rings. The van der Waals surface area contributed by atoms with Crippen molar-refractivity contribution in [2.75, 3.05) is 52.6 Å². The van der Waals surface area contributed by atoms with Gasteiger partial charge in [0.25, 0.3) is 25.7 Å². The molecule has 0 spiro atoms. The minimum Gasteiger partial charge on any atom is -0.379 e. The molecular weight excluding hydrogens is 1410 g/mol. The largest absolute Gasteiger partial charge is 0.379 e. The van der Waals surface area contributed by atoms with Crippen LogP contribution in [0.4, 0.5) is 13.2 Å². The molecule has 0 bridgehead atoms. The second-order valence-corrected chi connectivity index (χ2v) is 26.9. The lowest BCUT2D eigenvalue weighted by atomic mass is 10.2. The number of sulfonamides is 1. The predicted octanol–water partition coefficient (Wildman–Crippen LogP) is 6.01. The van der Waals surface area contributed by atoms with Crippen molar-refractivity contribution in [2.24, 2.45) is 0 Å². The summed E-state index contributed by atoms with van der Waals surface area (Å²) in [5, 5.41) is 28.1. The second kappa shape index (κ2) is 32.3. The van der Waals surface area contributed by atoms with E-state index in [1.54, 1.807) is 95.7 Å². The van der Waals surface area contributed by atoms with Crippen LogP contribution in [0.1, 0.15) is 16.7 Å². The van der Waals surface area contributed by atoms with Gasteiger partial charge in [0.15, 0.2) is 27.3 Å². The Hall–Kier alpha value is -10.4. The molecule has 32 nitrogen and oxygen atoms in total. The zero-order valence-electron chi connectivity index (χ0n) is 50.8. The predicted molar refractivity (Wildman–Crippen MR) is 345 cm³/mol. The molecule has 0 atom stereocenters. The van der Waals surface area contributed by atoms with Gasteiger partial charge < -0.3 is 43.3 Å². The van der Waals surface area contributed by atoms with Crippen molar-refractivity contribution in [2.45, 2.75) is 29.4 Å². The van der Waals surface area contributed by atoms with E-state index in [4.69, 9.17) is 46.7 Å². The highest BCUT2D eigenvalue weighted by molar-refractivity contribution is 8.13. The summed E-state index contributed by atoms with van der Waals surface area (Å²) in [7, 11) is -3.19. The Balaban J connectivity index is 0.000000150. The Bertz CT molecular complexity index is 5240. The van der Waals surface area contributed by atoms with Gasteiger partial charge in [-0.3, -0.25) is 33.0 Å². The molecule has 2 fully saturated rings. The lowest BCUT2D eigenvalue weighted by Gasteiger charge is -2.25. The summed E-state index contributed by atoms with van der Waals surface area (Å²) in [6.45, 7) is 5.03. The van der Waals surface area contributed by atoms with Gasteiger partial charge in [-0.2, -0.15) is 28.0 Å². The van der Waals surface area contributed by atoms with Crippen LogP contribution < -0.4 is 22.0 Å². The van der Waals surface area contributed by atoms with Crippen molar-refractivity contribution in [1.82, 2.24) is 84.3 Å². The molecular formula is C59H52Cl2F3N17O15S3. The fourth-order valence-electron chi connectivity index (χ4n) is 9.30. The molecule has 3 aromatic carbocycles. The Morgan fingerprint density at radius 3 is 1.18 bits per heavy atom. The second-order valence-electron chi connectivity index (χ2n) is 20.5. The van der Waals surface area contributed by atoms with Crippen LogP contribution in [0.2, 0.25) is 0 Å². The number of aromatic nitrogens is 15. The van der Waals surface area contributed by atoms with E-state index in [0.29, 0.717) is 62.4 Å². The number of morpholine rings is 2. The van der Waals surface area contributed by atoms with Crippen LogP contribution in [0.25, 0.3) is 68.7 Å². The summed E-state index contributed by atoms with van der Waals surface area (Å²) in [4.78, 5) is 54.8. The Kier molecular flexibility index (Phi) is 23.3. The van der Waals surface area contributed by atoms with Gasteiger partial charge in [0.05, 0.1) is 75.5 Å². The van der Waals surface area contributed by atoms with E-state index >= 15 is 0 Å². The molecule has 516 valence electrons. The summed E-state index contributed by atoms with van der Waals surface area (Å²) >= 11 is 0. The Morgan fingerprint density at radius 1 is 0.485 bits per heavy atom. The third-order valence-electron chi connectivity index (χ3n) is 13.9. The first-order valence-electron chi connectivity index (χ1n) is 28.9. The summed E-state index contributed by atoms with van der Waals surface area (Å²) < 4.78 is 147. The Labute approximate surface area is 565 Å². The lowest BCUT2D eigenvalue weighted by molar-refractivity contribution is 0.0730. The van der Waals surface area contributed by atoms with E-state index in [1.165, 1.54) is 62.9 Å². The summed E-state index contributed by atoms with van der Waals surface area (Å²) in [6.07, 6.45) is 7.47. The lowest BCUT2D eigenvalue weighted by Crippen LogP contribution is -2.42. The maximum absolute atomic E-state index is 14.2. The van der Waals surface area contributed by atoms with Crippen LogP contribution in [-0.2, 0) is 57.5 Å². The molecule has 11 heterocycles. The number of nitrogens with one attached hydrogen (secondary N) is 4. The molecule has 0 radical (unpaired) electrons. The van der Waals surface area contributed by atoms with Gasteiger partial charge >= 0.3 is 9.33 Å². The number of halogens is 5. The van der Waals surface area contributed by atoms with Crippen LogP contribution in [0, 0.1) is 17.5 Å². The molecule has 2 saturated heterocycles. The Morgan fingerprint density at radius 2 is 0.859 bits per heavy atom. The first kappa shape index (κ1) is 71.4. The molecule has 9 aromatic heterocycles. The van der Waals surface area contributed by atoms with Gasteiger partial charge in [-0.05, 0) is 36.4 Å². The third-order valence-corrected chi connectivity index (χ3v) is 17.1. The topological polar surface area (TPSA) is 425 Å². The van der Waals surface area contributed by atoms with Crippen molar-refractivity contribution in [3.63, 3.8) is 0 Å². The van der Waals surface area contributed by atoms with E-state index < -0.39 is 60.9 Å². The standard InChI is InChI=1S/C21H19FN6O5S.C17H11ClFN5O4S.C17H12FN5O2.C4H9NO.ClHO3S/c22-15-4-2-1-3-14(15)13-28-18(16-5-8-33-26-16)11-17(25-28)20-23-12-19(21(29)24-20)34(30,31)27-6-9-32-10-7-27;18-29(26,27)15-8-20-16(21-17(15)25)13-7-14(12-5-6-28-23-12)24(22-13)9-10-3-1-2-4-11(10)19;18-12-4-2-1-3-11(12)10-23-15(13-6-8-25-22-13)9-14(21-23)17-19-7-5-16(24)20-17;1-3-6-4-2-5-1;1-5(2,3)4/h1-5,8,11-12H,6-7,9-10,13H2,(H,23,24,29);1-8H,9H2,(H,20,21,25);1-9H,10H2,(H,19,20,24);5H,1-4H2;(H,2,3,4). The zero-order chi connectivity index (χ0) is 70.3. The number of nitrogens with zero attached hydrogens (tertiary/aromatic N) is 13. The number of hydrogen-bond acceptors (Lipinski definition) is 24. The third kappa shape index (κ3) is 19.0. The fourth-order valence-corrected chi connectivity index (χ4v) is 11.5. The molecule has 5 N–H and O–H groups in total. The van der Waals surface area contributed by atoms with Crippen molar-refractivity contribution in [3.05, 3.63) is 218 Å². The molecule has 0 aliphatic carbocycles. The van der Waals surface area contributed by atoms with Gasteiger partial charge in [0.1, 0.15) is 70.4 Å². The first-order chi connectivity index (χ1) is 47.5. The van der Waals surface area contributed by atoms with E-state index in [9.17, 15) is 44.4 Å². The maximum atomic E-state index is 14.2. The van der Waals surface area contributed by atoms with Gasteiger partial charge in [-0.1, -0.05) is 70.1 Å². The number of benzene rings is 3. The molecule has 2 aliphatic heterocycles. The number of aromatic amines is 3. The van der Waals surface area contributed by atoms with Crippen LogP contribution in [-0.4, -0.2) is 161 Å². The molecule has 40 heteroatoms. The van der Waals surface area contributed by atoms with Gasteiger partial charge in [0.2, 0.25) is 10.0 Å². The zero-order valence-corrected chi connectivity index (χ0v) is 54.8. The molecule has 0 unspecified atom stereocenters. The summed E-state index contributed by atoms with van der Waals surface area (Å²) in [6, 6.07) is 30.1. The van der Waals surface area contributed by atoms with Crippen LogP contribution in [0.5, 0.6) is 0 Å². The number of ether oxygens (including phenoxy) is 2. The highest BCUT2D eigenvalue weighted by Crippen LogP contribution is 2.29. The average Bonchev–Trinajstić information content (AvgIpc) is 1.78. The van der Waals surface area contributed by atoms with Crippen LogP contribution >= 0.6 is 21.4 Å². The minimum atomic E-state index is -4.24. The average molecular weight is 1460 g/mol. The monoisotopic (exact) mass is 1460 g/mol.